The molecule has 0 saturated carbocycles. The van der Waals surface area contributed by atoms with Crippen LogP contribution in [0.3, 0.4) is 0 Å². The van der Waals surface area contributed by atoms with Crippen LogP contribution in [0.25, 0.3) is 0 Å². The van der Waals surface area contributed by atoms with Crippen molar-refractivity contribution in [3.63, 3.8) is 0 Å². The number of benzene rings is 1. The highest BCUT2D eigenvalue weighted by molar-refractivity contribution is 6.03. The molecule has 2 amide bonds. The average molecular weight is 274 g/mol. The van der Waals surface area contributed by atoms with Gasteiger partial charge in [0.15, 0.2) is 0 Å². The fourth-order valence-electron chi connectivity index (χ4n) is 2.42. The van der Waals surface area contributed by atoms with Crippen molar-refractivity contribution < 1.29 is 9.59 Å². The number of aryl methyl sites for hydroxylation is 2. The zero-order valence-electron chi connectivity index (χ0n) is 12.2. The third kappa shape index (κ3) is 3.83. The molecule has 4 nitrogen and oxygen atoms in total. The minimum atomic E-state index is -0.233. The van der Waals surface area contributed by atoms with Gasteiger partial charge < -0.3 is 10.2 Å². The molecule has 1 saturated heterocycles. The first-order valence-electron chi connectivity index (χ1n) is 7.21. The van der Waals surface area contributed by atoms with Crippen LogP contribution < -0.4 is 5.32 Å². The second-order valence-electron chi connectivity index (χ2n) is 5.47. The second-order valence-corrected chi connectivity index (χ2v) is 5.47. The molecule has 0 bridgehead atoms. The molecule has 20 heavy (non-hydrogen) atoms. The number of anilines is 1. The summed E-state index contributed by atoms with van der Waals surface area (Å²) in [7, 11) is 0. The van der Waals surface area contributed by atoms with E-state index in [4.69, 9.17) is 0 Å². The van der Waals surface area contributed by atoms with Gasteiger partial charge in [-0.05, 0) is 56.4 Å². The van der Waals surface area contributed by atoms with Crippen molar-refractivity contribution in [1.82, 2.24) is 4.90 Å². The Hall–Kier alpha value is -1.84. The molecular formula is C16H22N2O2. The number of nitrogens with one attached hydrogen (secondary N) is 1. The lowest BCUT2D eigenvalue weighted by atomic mass is 10.1. The van der Waals surface area contributed by atoms with E-state index in [2.05, 4.69) is 5.32 Å². The Morgan fingerprint density at radius 1 is 1.10 bits per heavy atom. The SMILES string of the molecule is Cc1ccc(NC(=O)CC(=O)N2CCCCC2)cc1C. The van der Waals surface area contributed by atoms with Gasteiger partial charge in [-0.2, -0.15) is 0 Å². The number of likely N-dealkylation sites (tertiary alicyclic amines) is 1. The molecule has 0 atom stereocenters. The molecule has 0 unspecified atom stereocenters. The van der Waals surface area contributed by atoms with E-state index in [1.54, 1.807) is 4.90 Å². The highest BCUT2D eigenvalue weighted by Crippen LogP contribution is 2.15. The van der Waals surface area contributed by atoms with Crippen LogP contribution >= 0.6 is 0 Å². The van der Waals surface area contributed by atoms with Gasteiger partial charge in [-0.25, -0.2) is 0 Å². The maximum Gasteiger partial charge on any atom is 0.233 e. The van der Waals surface area contributed by atoms with E-state index in [9.17, 15) is 9.59 Å². The predicted octanol–water partition coefficient (Wildman–Crippen LogP) is 2.64. The van der Waals surface area contributed by atoms with Gasteiger partial charge in [0.05, 0.1) is 0 Å². The van der Waals surface area contributed by atoms with E-state index in [0.29, 0.717) is 0 Å². The molecule has 0 spiro atoms. The Labute approximate surface area is 120 Å². The van der Waals surface area contributed by atoms with Crippen molar-refractivity contribution in [2.75, 3.05) is 18.4 Å². The standard InChI is InChI=1S/C16H22N2O2/c1-12-6-7-14(10-13(12)2)17-15(19)11-16(20)18-8-4-3-5-9-18/h6-7,10H,3-5,8-9,11H2,1-2H3,(H,17,19). The number of piperidine rings is 1. The zero-order chi connectivity index (χ0) is 14.5. The van der Waals surface area contributed by atoms with Crippen molar-refractivity contribution in [2.24, 2.45) is 0 Å². The predicted molar refractivity (Wildman–Crippen MR) is 79.6 cm³/mol. The smallest absolute Gasteiger partial charge is 0.233 e. The molecule has 1 heterocycles. The van der Waals surface area contributed by atoms with E-state index in [1.807, 2.05) is 32.0 Å². The molecule has 108 valence electrons. The summed E-state index contributed by atoms with van der Waals surface area (Å²) >= 11 is 0. The van der Waals surface area contributed by atoms with Gasteiger partial charge in [-0.3, -0.25) is 9.59 Å². The van der Waals surface area contributed by atoms with Crippen LogP contribution in [-0.2, 0) is 9.59 Å². The fourth-order valence-corrected chi connectivity index (χ4v) is 2.42. The Morgan fingerprint density at radius 2 is 1.80 bits per heavy atom. The quantitative estimate of drug-likeness (QED) is 0.861. The molecule has 0 aromatic heterocycles. The van der Waals surface area contributed by atoms with Crippen molar-refractivity contribution >= 4 is 17.5 Å². The first-order chi connectivity index (χ1) is 9.56. The lowest BCUT2D eigenvalue weighted by Gasteiger charge is -2.26. The first kappa shape index (κ1) is 14.6. The maximum atomic E-state index is 12.0. The van der Waals surface area contributed by atoms with Gasteiger partial charge in [-0.1, -0.05) is 6.07 Å². The lowest BCUT2D eigenvalue weighted by molar-refractivity contribution is -0.135. The highest BCUT2D eigenvalue weighted by Gasteiger charge is 2.19. The third-order valence-electron chi connectivity index (χ3n) is 3.81. The molecular weight excluding hydrogens is 252 g/mol. The Morgan fingerprint density at radius 3 is 2.45 bits per heavy atom. The van der Waals surface area contributed by atoms with E-state index >= 15 is 0 Å². The van der Waals surface area contributed by atoms with Crippen LogP contribution in [0.15, 0.2) is 18.2 Å². The zero-order valence-corrected chi connectivity index (χ0v) is 12.2. The summed E-state index contributed by atoms with van der Waals surface area (Å²) in [6.07, 6.45) is 3.21. The fraction of sp³-hybridized carbons (Fsp3) is 0.500. The summed E-state index contributed by atoms with van der Waals surface area (Å²) in [6.45, 7) is 5.61. The number of carbonyl (C=O) groups excluding carboxylic acids is 2. The summed E-state index contributed by atoms with van der Waals surface area (Å²) in [5, 5.41) is 2.79. The van der Waals surface area contributed by atoms with Crippen molar-refractivity contribution in [3.8, 4) is 0 Å². The largest absolute Gasteiger partial charge is 0.342 e. The molecule has 1 aliphatic rings. The molecule has 1 aliphatic heterocycles. The van der Waals surface area contributed by atoms with E-state index in [-0.39, 0.29) is 18.2 Å². The summed E-state index contributed by atoms with van der Waals surface area (Å²) in [4.78, 5) is 25.7. The molecule has 2 rings (SSSR count). The second kappa shape index (κ2) is 6.55. The van der Waals surface area contributed by atoms with Gasteiger partial charge in [-0.15, -0.1) is 0 Å². The Bertz CT molecular complexity index is 505. The molecule has 0 radical (unpaired) electrons. The van der Waals surface area contributed by atoms with Crippen LogP contribution in [-0.4, -0.2) is 29.8 Å². The number of amides is 2. The summed E-state index contributed by atoms with van der Waals surface area (Å²) in [5.41, 5.74) is 3.07. The number of hydrogen-bond donors (Lipinski definition) is 1. The van der Waals surface area contributed by atoms with E-state index in [0.717, 1.165) is 37.2 Å². The molecule has 0 aliphatic carbocycles. The normalized spacial score (nSPS) is 15.0. The van der Waals surface area contributed by atoms with Gasteiger partial charge in [0.25, 0.3) is 0 Å². The van der Waals surface area contributed by atoms with Crippen molar-refractivity contribution in [2.45, 2.75) is 39.5 Å². The first-order valence-corrected chi connectivity index (χ1v) is 7.21. The number of carbonyl (C=O) groups is 2. The molecule has 1 N–H and O–H groups in total. The molecule has 4 heteroatoms. The summed E-state index contributed by atoms with van der Waals surface area (Å²) in [6, 6.07) is 5.77. The number of rotatable bonds is 3. The van der Waals surface area contributed by atoms with Crippen molar-refractivity contribution in [3.05, 3.63) is 29.3 Å². The minimum absolute atomic E-state index is 0.0626. The van der Waals surface area contributed by atoms with Crippen molar-refractivity contribution in [1.29, 1.82) is 0 Å². The Balaban J connectivity index is 1.88. The van der Waals surface area contributed by atoms with Crippen LogP contribution in [0.2, 0.25) is 0 Å². The van der Waals surface area contributed by atoms with Crippen LogP contribution in [0.5, 0.6) is 0 Å². The van der Waals surface area contributed by atoms with Crippen LogP contribution in [0.4, 0.5) is 5.69 Å². The van der Waals surface area contributed by atoms with Gasteiger partial charge >= 0.3 is 0 Å². The lowest BCUT2D eigenvalue weighted by Crippen LogP contribution is -2.37. The summed E-state index contributed by atoms with van der Waals surface area (Å²) < 4.78 is 0. The van der Waals surface area contributed by atoms with Gasteiger partial charge in [0.2, 0.25) is 11.8 Å². The van der Waals surface area contributed by atoms with E-state index < -0.39 is 0 Å². The van der Waals surface area contributed by atoms with Crippen LogP contribution in [0.1, 0.15) is 36.8 Å². The molecule has 1 aromatic rings. The van der Waals surface area contributed by atoms with Crippen LogP contribution in [0, 0.1) is 13.8 Å². The minimum Gasteiger partial charge on any atom is -0.342 e. The maximum absolute atomic E-state index is 12.0. The number of nitrogens with zero attached hydrogens (tertiary/aromatic N) is 1. The Kier molecular flexibility index (Phi) is 4.77. The molecule has 1 aromatic carbocycles. The van der Waals surface area contributed by atoms with Gasteiger partial charge in [0.1, 0.15) is 6.42 Å². The average Bonchev–Trinajstić information content (AvgIpc) is 2.44. The number of hydrogen-bond acceptors (Lipinski definition) is 2. The van der Waals surface area contributed by atoms with E-state index in [1.165, 1.54) is 12.0 Å². The topological polar surface area (TPSA) is 49.4 Å². The van der Waals surface area contributed by atoms with Gasteiger partial charge in [0, 0.05) is 18.8 Å². The highest BCUT2D eigenvalue weighted by atomic mass is 16.2. The monoisotopic (exact) mass is 274 g/mol. The third-order valence-corrected chi connectivity index (χ3v) is 3.81. The molecule has 1 fully saturated rings. The summed E-state index contributed by atoms with van der Waals surface area (Å²) in [5.74, 6) is -0.296.